The van der Waals surface area contributed by atoms with Crippen molar-refractivity contribution < 1.29 is 14.7 Å². The van der Waals surface area contributed by atoms with Crippen LogP contribution in [-0.4, -0.2) is 51.7 Å². The highest BCUT2D eigenvalue weighted by molar-refractivity contribution is 5.76. The number of amides is 2. The molecule has 0 fully saturated rings. The number of aromatic nitrogens is 2. The molecule has 1 aromatic heterocycles. The first-order chi connectivity index (χ1) is 10.9. The number of carbonyl (C=O) groups excluding carboxylic acids is 1. The standard InChI is InChI=1S/C16H22N4O3/c1-11(15(21)22)10-19(3)16(23)17-8-9-20-12(2)18-13-6-4-5-7-14(13)20/h4-7,11H,8-10H2,1-3H3,(H,17,23)(H,21,22). The number of fused-ring (bicyclic) bond motifs is 1. The molecule has 1 aromatic carbocycles. The van der Waals surface area contributed by atoms with E-state index in [9.17, 15) is 9.59 Å². The molecule has 2 amide bonds. The molecule has 0 radical (unpaired) electrons. The number of carbonyl (C=O) groups is 2. The van der Waals surface area contributed by atoms with Gasteiger partial charge in [-0.05, 0) is 19.1 Å². The Morgan fingerprint density at radius 1 is 1.39 bits per heavy atom. The van der Waals surface area contributed by atoms with Crippen molar-refractivity contribution in [3.8, 4) is 0 Å². The fourth-order valence-electron chi connectivity index (χ4n) is 2.46. The maximum Gasteiger partial charge on any atom is 0.317 e. The summed E-state index contributed by atoms with van der Waals surface area (Å²) in [6.45, 7) is 4.75. The van der Waals surface area contributed by atoms with Crippen LogP contribution in [0.2, 0.25) is 0 Å². The summed E-state index contributed by atoms with van der Waals surface area (Å²) < 4.78 is 2.05. The quantitative estimate of drug-likeness (QED) is 0.849. The van der Waals surface area contributed by atoms with E-state index in [0.717, 1.165) is 16.9 Å². The summed E-state index contributed by atoms with van der Waals surface area (Å²) >= 11 is 0. The van der Waals surface area contributed by atoms with E-state index in [-0.39, 0.29) is 12.6 Å². The Labute approximate surface area is 134 Å². The van der Waals surface area contributed by atoms with Crippen molar-refractivity contribution in [3.63, 3.8) is 0 Å². The highest BCUT2D eigenvalue weighted by atomic mass is 16.4. The number of rotatable bonds is 6. The van der Waals surface area contributed by atoms with Gasteiger partial charge in [0.25, 0.3) is 0 Å². The zero-order chi connectivity index (χ0) is 17.0. The van der Waals surface area contributed by atoms with Crippen LogP contribution >= 0.6 is 0 Å². The van der Waals surface area contributed by atoms with Gasteiger partial charge >= 0.3 is 12.0 Å². The number of urea groups is 1. The summed E-state index contributed by atoms with van der Waals surface area (Å²) in [4.78, 5) is 28.7. The number of benzene rings is 1. The van der Waals surface area contributed by atoms with Crippen LogP contribution in [0.5, 0.6) is 0 Å². The smallest absolute Gasteiger partial charge is 0.317 e. The Bertz CT molecular complexity index is 710. The van der Waals surface area contributed by atoms with Gasteiger partial charge in [0.2, 0.25) is 0 Å². The Kier molecular flexibility index (Phi) is 5.20. The average Bonchev–Trinajstić information content (AvgIpc) is 2.82. The number of aliphatic carboxylic acids is 1. The summed E-state index contributed by atoms with van der Waals surface area (Å²) in [5.41, 5.74) is 1.97. The molecule has 0 aliphatic carbocycles. The molecule has 2 N–H and O–H groups in total. The molecule has 0 bridgehead atoms. The van der Waals surface area contributed by atoms with Crippen LogP contribution < -0.4 is 5.32 Å². The molecule has 1 atom stereocenters. The summed E-state index contributed by atoms with van der Waals surface area (Å²) in [5.74, 6) is -0.607. The maximum absolute atomic E-state index is 12.0. The molecule has 0 saturated heterocycles. The Hall–Kier alpha value is -2.57. The van der Waals surface area contributed by atoms with Gasteiger partial charge < -0.3 is 19.9 Å². The van der Waals surface area contributed by atoms with Crippen molar-refractivity contribution in [3.05, 3.63) is 30.1 Å². The van der Waals surface area contributed by atoms with Crippen LogP contribution in [0.4, 0.5) is 4.79 Å². The van der Waals surface area contributed by atoms with Gasteiger partial charge in [-0.25, -0.2) is 9.78 Å². The van der Waals surface area contributed by atoms with Crippen LogP contribution in [0, 0.1) is 12.8 Å². The van der Waals surface area contributed by atoms with Crippen molar-refractivity contribution in [2.75, 3.05) is 20.1 Å². The first-order valence-electron chi connectivity index (χ1n) is 7.53. The van der Waals surface area contributed by atoms with Gasteiger partial charge in [-0.3, -0.25) is 4.79 Å². The lowest BCUT2D eigenvalue weighted by Crippen LogP contribution is -2.41. The van der Waals surface area contributed by atoms with Crippen LogP contribution in [0.15, 0.2) is 24.3 Å². The molecule has 1 unspecified atom stereocenters. The molecule has 0 aliphatic rings. The molecule has 1 heterocycles. The summed E-state index contributed by atoms with van der Waals surface area (Å²) in [5, 5.41) is 11.7. The van der Waals surface area contributed by atoms with Gasteiger partial charge in [0.1, 0.15) is 5.82 Å². The third-order valence-corrected chi connectivity index (χ3v) is 3.77. The Morgan fingerprint density at radius 2 is 2.09 bits per heavy atom. The van der Waals surface area contributed by atoms with Crippen LogP contribution in [-0.2, 0) is 11.3 Å². The van der Waals surface area contributed by atoms with Crippen LogP contribution in [0.1, 0.15) is 12.7 Å². The van der Waals surface area contributed by atoms with Gasteiger partial charge in [-0.1, -0.05) is 19.1 Å². The second-order valence-corrected chi connectivity index (χ2v) is 5.65. The van der Waals surface area contributed by atoms with E-state index in [1.807, 2.05) is 31.2 Å². The van der Waals surface area contributed by atoms with Gasteiger partial charge in [0.05, 0.1) is 17.0 Å². The molecule has 2 aromatic rings. The number of hydrogen-bond donors (Lipinski definition) is 2. The SMILES string of the molecule is Cc1nc2ccccc2n1CCNC(=O)N(C)CC(C)C(=O)O. The van der Waals surface area contributed by atoms with E-state index in [2.05, 4.69) is 14.9 Å². The molecule has 124 valence electrons. The van der Waals surface area contributed by atoms with E-state index in [1.165, 1.54) is 4.90 Å². The molecule has 0 spiro atoms. The number of nitrogens with one attached hydrogen (secondary N) is 1. The number of imidazole rings is 1. The monoisotopic (exact) mass is 318 g/mol. The minimum absolute atomic E-state index is 0.175. The number of carboxylic acids is 1. The van der Waals surface area contributed by atoms with E-state index in [1.54, 1.807) is 14.0 Å². The lowest BCUT2D eigenvalue weighted by molar-refractivity contribution is -0.141. The average molecular weight is 318 g/mol. The normalized spacial score (nSPS) is 12.1. The zero-order valence-electron chi connectivity index (χ0n) is 13.6. The second-order valence-electron chi connectivity index (χ2n) is 5.65. The van der Waals surface area contributed by atoms with Crippen LogP contribution in [0.3, 0.4) is 0 Å². The van der Waals surface area contributed by atoms with Crippen molar-refractivity contribution in [1.29, 1.82) is 0 Å². The van der Waals surface area contributed by atoms with Crippen molar-refractivity contribution in [1.82, 2.24) is 19.8 Å². The van der Waals surface area contributed by atoms with Gasteiger partial charge in [0.15, 0.2) is 0 Å². The molecule has 7 heteroatoms. The first-order valence-corrected chi connectivity index (χ1v) is 7.53. The largest absolute Gasteiger partial charge is 0.481 e. The number of nitrogens with zero attached hydrogens (tertiary/aromatic N) is 3. The fourth-order valence-corrected chi connectivity index (χ4v) is 2.46. The van der Waals surface area contributed by atoms with E-state index in [0.29, 0.717) is 13.1 Å². The summed E-state index contributed by atoms with van der Waals surface area (Å²) in [6, 6.07) is 7.58. The Morgan fingerprint density at radius 3 is 2.78 bits per heavy atom. The first kappa shape index (κ1) is 16.8. The van der Waals surface area contributed by atoms with E-state index in [4.69, 9.17) is 5.11 Å². The van der Waals surface area contributed by atoms with Crippen LogP contribution in [0.25, 0.3) is 11.0 Å². The lowest BCUT2D eigenvalue weighted by Gasteiger charge is -2.20. The summed E-state index contributed by atoms with van der Waals surface area (Å²) in [7, 11) is 1.59. The molecular weight excluding hydrogens is 296 g/mol. The third kappa shape index (κ3) is 4.00. The topological polar surface area (TPSA) is 87.5 Å². The highest BCUT2D eigenvalue weighted by Gasteiger charge is 2.17. The molecule has 0 aliphatic heterocycles. The van der Waals surface area contributed by atoms with E-state index < -0.39 is 11.9 Å². The number of aryl methyl sites for hydroxylation is 1. The number of carboxylic acid groups (broad SMARTS) is 1. The van der Waals surface area contributed by atoms with Crippen molar-refractivity contribution in [2.24, 2.45) is 5.92 Å². The predicted octanol–water partition coefficient (Wildman–Crippen LogP) is 1.71. The highest BCUT2D eigenvalue weighted by Crippen LogP contribution is 2.14. The van der Waals surface area contributed by atoms with E-state index >= 15 is 0 Å². The zero-order valence-corrected chi connectivity index (χ0v) is 13.6. The number of hydrogen-bond acceptors (Lipinski definition) is 3. The minimum Gasteiger partial charge on any atom is -0.481 e. The second kappa shape index (κ2) is 7.13. The molecule has 2 rings (SSSR count). The fraction of sp³-hybridized carbons (Fsp3) is 0.438. The van der Waals surface area contributed by atoms with Gasteiger partial charge in [0, 0.05) is 26.7 Å². The minimum atomic E-state index is -0.912. The maximum atomic E-state index is 12.0. The molecular formula is C16H22N4O3. The third-order valence-electron chi connectivity index (χ3n) is 3.77. The van der Waals surface area contributed by atoms with Gasteiger partial charge in [-0.15, -0.1) is 0 Å². The van der Waals surface area contributed by atoms with Crippen molar-refractivity contribution in [2.45, 2.75) is 20.4 Å². The predicted molar refractivity (Wildman–Crippen MR) is 87.3 cm³/mol. The Balaban J connectivity index is 1.90. The molecule has 7 nitrogen and oxygen atoms in total. The summed E-state index contributed by atoms with van der Waals surface area (Å²) in [6.07, 6.45) is 0. The van der Waals surface area contributed by atoms with Crippen molar-refractivity contribution >= 4 is 23.0 Å². The molecule has 0 saturated carbocycles. The lowest BCUT2D eigenvalue weighted by atomic mass is 10.2. The molecule has 23 heavy (non-hydrogen) atoms. The van der Waals surface area contributed by atoms with Gasteiger partial charge in [-0.2, -0.15) is 0 Å². The number of para-hydroxylation sites is 2.